The molecule has 184 valence electrons. The number of pyridine rings is 2. The van der Waals surface area contributed by atoms with E-state index in [0.29, 0.717) is 33.9 Å². The average Bonchev–Trinajstić information content (AvgIpc) is 2.89. The van der Waals surface area contributed by atoms with Gasteiger partial charge >= 0.3 is 0 Å². The first-order valence-corrected chi connectivity index (χ1v) is 12.1. The van der Waals surface area contributed by atoms with E-state index in [9.17, 15) is 4.79 Å². The molecule has 37 heavy (non-hydrogen) atoms. The van der Waals surface area contributed by atoms with Crippen LogP contribution in [0.4, 0.5) is 11.6 Å². The molecular weight excluding hydrogens is 464 g/mol. The van der Waals surface area contributed by atoms with Crippen molar-refractivity contribution in [1.82, 2.24) is 34.6 Å². The summed E-state index contributed by atoms with van der Waals surface area (Å²) >= 11 is 0. The van der Waals surface area contributed by atoms with E-state index in [0.717, 1.165) is 18.8 Å². The van der Waals surface area contributed by atoms with Gasteiger partial charge in [0.05, 0.1) is 16.8 Å². The third-order valence-electron chi connectivity index (χ3n) is 6.65. The van der Waals surface area contributed by atoms with Gasteiger partial charge in [-0.15, -0.1) is 0 Å². The molecule has 0 saturated heterocycles. The number of rotatable bonds is 4. The van der Waals surface area contributed by atoms with Crippen molar-refractivity contribution in [3.8, 4) is 17.1 Å². The van der Waals surface area contributed by atoms with E-state index >= 15 is 0 Å². The van der Waals surface area contributed by atoms with Crippen LogP contribution in [-0.2, 0) is 12.0 Å². The maximum atomic E-state index is 13.4. The molecule has 6 rings (SSSR count). The highest BCUT2D eigenvalue weighted by Gasteiger charge is 2.30. The maximum absolute atomic E-state index is 13.4. The van der Waals surface area contributed by atoms with Gasteiger partial charge in [0.15, 0.2) is 0 Å². The van der Waals surface area contributed by atoms with Crippen LogP contribution in [0, 0.1) is 0 Å². The molecule has 4 aromatic heterocycles. The van der Waals surface area contributed by atoms with Crippen molar-refractivity contribution in [3.63, 3.8) is 0 Å². The fourth-order valence-corrected chi connectivity index (χ4v) is 5.12. The van der Waals surface area contributed by atoms with Crippen LogP contribution in [0.15, 0.2) is 78.1 Å². The molecule has 0 unspecified atom stereocenters. The van der Waals surface area contributed by atoms with Crippen molar-refractivity contribution in [2.45, 2.75) is 25.8 Å². The van der Waals surface area contributed by atoms with Crippen molar-refractivity contribution in [2.24, 2.45) is 0 Å². The van der Waals surface area contributed by atoms with Gasteiger partial charge < -0.3 is 10.2 Å². The van der Waals surface area contributed by atoms with E-state index in [2.05, 4.69) is 69.4 Å². The summed E-state index contributed by atoms with van der Waals surface area (Å²) in [6, 6.07) is 15.4. The van der Waals surface area contributed by atoms with Gasteiger partial charge in [-0.1, -0.05) is 26.0 Å². The van der Waals surface area contributed by atoms with E-state index in [-0.39, 0.29) is 11.0 Å². The molecule has 0 radical (unpaired) electrons. The highest BCUT2D eigenvalue weighted by atomic mass is 16.1. The SMILES string of the molecule is CN1Cc2cc(Nc3ncc4c(=O)n(-c5ccncc5)nc(-c5ccccn5)c4n3)ccc2C(C)(C)C1. The van der Waals surface area contributed by atoms with Crippen molar-refractivity contribution < 1.29 is 0 Å². The largest absolute Gasteiger partial charge is 0.324 e. The predicted molar refractivity (Wildman–Crippen MR) is 143 cm³/mol. The van der Waals surface area contributed by atoms with Crippen LogP contribution in [0.5, 0.6) is 0 Å². The normalized spacial score (nSPS) is 14.9. The minimum absolute atomic E-state index is 0.0816. The lowest BCUT2D eigenvalue weighted by Gasteiger charge is -2.38. The monoisotopic (exact) mass is 490 g/mol. The molecule has 1 aliphatic heterocycles. The van der Waals surface area contributed by atoms with Gasteiger partial charge in [-0.3, -0.25) is 14.8 Å². The summed E-state index contributed by atoms with van der Waals surface area (Å²) in [6.07, 6.45) is 6.48. The van der Waals surface area contributed by atoms with Crippen molar-refractivity contribution in [2.75, 3.05) is 18.9 Å². The molecule has 0 aliphatic carbocycles. The highest BCUT2D eigenvalue weighted by Crippen LogP contribution is 2.34. The van der Waals surface area contributed by atoms with Gasteiger partial charge in [0.1, 0.15) is 11.2 Å². The second-order valence-electron chi connectivity index (χ2n) is 9.99. The zero-order valence-electron chi connectivity index (χ0n) is 20.9. The Morgan fingerprint density at radius 2 is 1.84 bits per heavy atom. The lowest BCUT2D eigenvalue weighted by Crippen LogP contribution is -2.39. The number of hydrogen-bond acceptors (Lipinski definition) is 8. The molecule has 9 nitrogen and oxygen atoms in total. The molecule has 5 heterocycles. The summed E-state index contributed by atoms with van der Waals surface area (Å²) in [6.45, 7) is 6.44. The van der Waals surface area contributed by atoms with E-state index in [4.69, 9.17) is 4.98 Å². The van der Waals surface area contributed by atoms with Crippen LogP contribution >= 0.6 is 0 Å². The van der Waals surface area contributed by atoms with Crippen molar-refractivity contribution in [1.29, 1.82) is 0 Å². The summed E-state index contributed by atoms with van der Waals surface area (Å²) in [5.74, 6) is 0.385. The number of likely N-dealkylation sites (N-methyl/N-ethyl adjacent to an activating group) is 1. The smallest absolute Gasteiger partial charge is 0.282 e. The summed E-state index contributed by atoms with van der Waals surface area (Å²) < 4.78 is 1.34. The molecule has 0 fully saturated rings. The molecule has 1 aliphatic rings. The van der Waals surface area contributed by atoms with Crippen LogP contribution in [0.3, 0.4) is 0 Å². The summed E-state index contributed by atoms with van der Waals surface area (Å²) in [4.78, 5) is 33.5. The fourth-order valence-electron chi connectivity index (χ4n) is 5.12. The van der Waals surface area contributed by atoms with Crippen LogP contribution < -0.4 is 10.9 Å². The highest BCUT2D eigenvalue weighted by molar-refractivity contribution is 5.90. The van der Waals surface area contributed by atoms with Gasteiger partial charge in [0.25, 0.3) is 5.56 Å². The number of fused-ring (bicyclic) bond motifs is 2. The predicted octanol–water partition coefficient (Wildman–Crippen LogP) is 4.10. The number of aromatic nitrogens is 6. The first-order valence-electron chi connectivity index (χ1n) is 12.1. The van der Waals surface area contributed by atoms with Gasteiger partial charge in [-0.25, -0.2) is 9.97 Å². The fraction of sp³-hybridized carbons (Fsp3) is 0.214. The Labute approximate surface area is 213 Å². The first kappa shape index (κ1) is 22.9. The third-order valence-corrected chi connectivity index (χ3v) is 6.65. The van der Waals surface area contributed by atoms with Crippen LogP contribution in [-0.4, -0.2) is 48.2 Å². The zero-order valence-corrected chi connectivity index (χ0v) is 20.9. The van der Waals surface area contributed by atoms with Gasteiger partial charge in [0, 0.05) is 49.0 Å². The number of hydrogen-bond donors (Lipinski definition) is 1. The zero-order chi connectivity index (χ0) is 25.6. The molecule has 0 bridgehead atoms. The molecule has 0 spiro atoms. The topological polar surface area (TPSA) is 102 Å². The standard InChI is InChI=1S/C28H26N8O/c1-28(2)17-35(3)16-18-14-19(7-8-22(18)28)32-27-31-15-21-24(33-27)25(23-6-4-5-11-30-23)34-36(26(21)37)20-9-12-29-13-10-20/h4-15H,16-17H2,1-3H3,(H,31,32,33). The Bertz CT molecular complexity index is 1670. The number of nitrogens with one attached hydrogen (secondary N) is 1. The summed E-state index contributed by atoms with van der Waals surface area (Å²) in [7, 11) is 2.14. The lowest BCUT2D eigenvalue weighted by molar-refractivity contribution is 0.236. The van der Waals surface area contributed by atoms with Gasteiger partial charge in [-0.05, 0) is 54.6 Å². The van der Waals surface area contributed by atoms with Crippen molar-refractivity contribution >= 4 is 22.5 Å². The Balaban J connectivity index is 1.46. The molecule has 0 atom stereocenters. The maximum Gasteiger partial charge on any atom is 0.282 e. The molecule has 5 aromatic rings. The second-order valence-corrected chi connectivity index (χ2v) is 9.99. The minimum Gasteiger partial charge on any atom is -0.324 e. The average molecular weight is 491 g/mol. The van der Waals surface area contributed by atoms with E-state index in [1.165, 1.54) is 15.8 Å². The van der Waals surface area contributed by atoms with Gasteiger partial charge in [0.2, 0.25) is 5.95 Å². The first-order chi connectivity index (χ1) is 17.9. The number of anilines is 2. The molecule has 1 aromatic carbocycles. The minimum atomic E-state index is -0.313. The lowest BCUT2D eigenvalue weighted by atomic mass is 9.78. The Kier molecular flexibility index (Phi) is 5.49. The third kappa shape index (κ3) is 4.23. The Morgan fingerprint density at radius 3 is 2.62 bits per heavy atom. The van der Waals surface area contributed by atoms with Gasteiger partial charge in [-0.2, -0.15) is 9.78 Å². The van der Waals surface area contributed by atoms with Crippen LogP contribution in [0.25, 0.3) is 28.0 Å². The number of nitrogens with zero attached hydrogens (tertiary/aromatic N) is 7. The summed E-state index contributed by atoms with van der Waals surface area (Å²) in [5.41, 5.74) is 5.43. The molecule has 9 heteroatoms. The second kappa shape index (κ2) is 8.86. The Hall–Kier alpha value is -4.50. The number of benzene rings is 1. The molecular formula is C28H26N8O. The summed E-state index contributed by atoms with van der Waals surface area (Å²) in [5, 5.41) is 8.34. The molecule has 1 N–H and O–H groups in total. The molecule has 0 amide bonds. The van der Waals surface area contributed by atoms with E-state index in [1.54, 1.807) is 36.9 Å². The molecule has 0 saturated carbocycles. The van der Waals surface area contributed by atoms with Crippen LogP contribution in [0.2, 0.25) is 0 Å². The van der Waals surface area contributed by atoms with Crippen molar-refractivity contribution in [3.05, 3.63) is 94.8 Å². The quantitative estimate of drug-likeness (QED) is 0.402. The Morgan fingerprint density at radius 1 is 1.00 bits per heavy atom. The van der Waals surface area contributed by atoms with Crippen LogP contribution in [0.1, 0.15) is 25.0 Å². The van der Waals surface area contributed by atoms with E-state index < -0.39 is 0 Å². The van der Waals surface area contributed by atoms with E-state index in [1.807, 2.05) is 18.2 Å².